The number of nitrogens with one attached hydrogen (secondary N) is 1. The molecule has 1 aromatic rings. The summed E-state index contributed by atoms with van der Waals surface area (Å²) in [5.74, 6) is 0.716. The fourth-order valence-corrected chi connectivity index (χ4v) is 3.00. The summed E-state index contributed by atoms with van der Waals surface area (Å²) in [6, 6.07) is 3.24. The molecule has 3 nitrogen and oxygen atoms in total. The summed E-state index contributed by atoms with van der Waals surface area (Å²) in [5.41, 5.74) is 6.58. The van der Waals surface area contributed by atoms with Gasteiger partial charge in [0.1, 0.15) is 0 Å². The molecule has 0 aromatic heterocycles. The second-order valence-electron chi connectivity index (χ2n) is 5.09. The Labute approximate surface area is 123 Å². The van der Waals surface area contributed by atoms with Crippen molar-refractivity contribution in [2.24, 2.45) is 5.92 Å². The second-order valence-corrected chi connectivity index (χ2v) is 5.91. The van der Waals surface area contributed by atoms with Crippen LogP contribution in [0.25, 0.3) is 0 Å². The van der Waals surface area contributed by atoms with E-state index >= 15 is 0 Å². The average molecular weight is 301 g/mol. The highest BCUT2D eigenvalue weighted by Crippen LogP contribution is 2.32. The quantitative estimate of drug-likeness (QED) is 0.805. The number of nitrogens with two attached hydrogens (primary N) is 1. The van der Waals surface area contributed by atoms with E-state index in [1.54, 1.807) is 12.1 Å². The van der Waals surface area contributed by atoms with E-state index in [1.165, 1.54) is 25.7 Å². The number of anilines is 2. The van der Waals surface area contributed by atoms with E-state index in [4.69, 9.17) is 28.9 Å². The molecule has 1 aromatic carbocycles. The van der Waals surface area contributed by atoms with Crippen LogP contribution in [0.15, 0.2) is 12.1 Å². The predicted molar refractivity (Wildman–Crippen MR) is 80.7 cm³/mol. The Bertz CT molecular complexity index is 448. The van der Waals surface area contributed by atoms with Gasteiger partial charge in [-0.2, -0.15) is 0 Å². The molecule has 0 saturated heterocycles. The van der Waals surface area contributed by atoms with E-state index in [1.807, 2.05) is 0 Å². The van der Waals surface area contributed by atoms with Crippen molar-refractivity contribution in [2.45, 2.75) is 38.5 Å². The summed E-state index contributed by atoms with van der Waals surface area (Å²) < 4.78 is 0. The molecular formula is C14H18Cl2N2O. The minimum absolute atomic E-state index is 0.00352. The zero-order chi connectivity index (χ0) is 13.8. The maximum absolute atomic E-state index is 11.8. The van der Waals surface area contributed by atoms with Gasteiger partial charge < -0.3 is 11.1 Å². The number of benzene rings is 1. The van der Waals surface area contributed by atoms with Gasteiger partial charge in [0.2, 0.25) is 5.91 Å². The van der Waals surface area contributed by atoms with Crippen LogP contribution in [-0.2, 0) is 4.79 Å². The van der Waals surface area contributed by atoms with E-state index in [-0.39, 0.29) is 5.91 Å². The van der Waals surface area contributed by atoms with Crippen LogP contribution in [0.4, 0.5) is 11.4 Å². The lowest BCUT2D eigenvalue weighted by atomic mass is 10.0. The molecule has 0 atom stereocenters. The van der Waals surface area contributed by atoms with Gasteiger partial charge in [0.05, 0.1) is 15.7 Å². The molecular weight excluding hydrogens is 283 g/mol. The third kappa shape index (κ3) is 4.02. The molecule has 0 heterocycles. The molecule has 0 aliphatic heterocycles. The normalized spacial score (nSPS) is 15.7. The van der Waals surface area contributed by atoms with E-state index in [2.05, 4.69) is 5.32 Å². The van der Waals surface area contributed by atoms with Gasteiger partial charge in [0.25, 0.3) is 0 Å². The Hall–Kier alpha value is -0.930. The Balaban J connectivity index is 1.87. The van der Waals surface area contributed by atoms with E-state index < -0.39 is 0 Å². The van der Waals surface area contributed by atoms with Crippen molar-refractivity contribution in [1.29, 1.82) is 0 Å². The second kappa shape index (κ2) is 6.49. The van der Waals surface area contributed by atoms with E-state index in [9.17, 15) is 4.79 Å². The van der Waals surface area contributed by atoms with Crippen molar-refractivity contribution in [2.75, 3.05) is 11.1 Å². The molecule has 1 saturated carbocycles. The van der Waals surface area contributed by atoms with Crippen LogP contribution in [0.3, 0.4) is 0 Å². The van der Waals surface area contributed by atoms with Crippen LogP contribution in [0.5, 0.6) is 0 Å². The monoisotopic (exact) mass is 300 g/mol. The van der Waals surface area contributed by atoms with Gasteiger partial charge in [0, 0.05) is 12.1 Å². The van der Waals surface area contributed by atoms with Crippen LogP contribution in [-0.4, -0.2) is 5.91 Å². The van der Waals surface area contributed by atoms with Crippen molar-refractivity contribution in [3.05, 3.63) is 22.2 Å². The number of carbonyl (C=O) groups is 1. The van der Waals surface area contributed by atoms with Gasteiger partial charge in [-0.1, -0.05) is 48.9 Å². The van der Waals surface area contributed by atoms with Gasteiger partial charge in [0.15, 0.2) is 0 Å². The minimum Gasteiger partial charge on any atom is -0.396 e. The minimum atomic E-state index is 0.00352. The zero-order valence-corrected chi connectivity index (χ0v) is 12.2. The van der Waals surface area contributed by atoms with Crippen LogP contribution >= 0.6 is 23.2 Å². The van der Waals surface area contributed by atoms with Crippen LogP contribution in [0.1, 0.15) is 38.5 Å². The summed E-state index contributed by atoms with van der Waals surface area (Å²) >= 11 is 11.8. The lowest BCUT2D eigenvalue weighted by Crippen LogP contribution is -2.13. The molecule has 1 amide bonds. The van der Waals surface area contributed by atoms with Crippen LogP contribution in [0.2, 0.25) is 10.0 Å². The van der Waals surface area contributed by atoms with Crippen molar-refractivity contribution in [3.8, 4) is 0 Å². The Morgan fingerprint density at radius 2 is 1.84 bits per heavy atom. The molecule has 0 unspecified atom stereocenters. The molecule has 5 heteroatoms. The predicted octanol–water partition coefficient (Wildman–Crippen LogP) is 4.48. The highest BCUT2D eigenvalue weighted by Gasteiger charge is 2.16. The lowest BCUT2D eigenvalue weighted by Gasteiger charge is -2.10. The molecule has 0 radical (unpaired) electrons. The van der Waals surface area contributed by atoms with Crippen LogP contribution < -0.4 is 11.1 Å². The smallest absolute Gasteiger partial charge is 0.224 e. The first kappa shape index (κ1) is 14.5. The summed E-state index contributed by atoms with van der Waals surface area (Å²) in [4.78, 5) is 11.8. The number of rotatable bonds is 4. The lowest BCUT2D eigenvalue weighted by molar-refractivity contribution is -0.116. The number of nitrogen functional groups attached to an aromatic ring is 1. The molecule has 0 bridgehead atoms. The summed E-state index contributed by atoms with van der Waals surface area (Å²) in [5, 5.41) is 3.53. The molecule has 3 N–H and O–H groups in total. The molecule has 1 fully saturated rings. The first-order chi connectivity index (χ1) is 9.06. The fraction of sp³-hybridized carbons (Fsp3) is 0.500. The number of hydrogen-bond donors (Lipinski definition) is 2. The molecule has 0 spiro atoms. The van der Waals surface area contributed by atoms with E-state index in [0.717, 1.165) is 6.42 Å². The third-order valence-corrected chi connectivity index (χ3v) is 4.24. The standard InChI is InChI=1S/C14H18Cl2N2O/c15-11-7-10(8-12(16)14(11)17)18-13(19)6-5-9-3-1-2-4-9/h7-9H,1-6,17H2,(H,18,19). The van der Waals surface area contributed by atoms with Crippen molar-refractivity contribution < 1.29 is 4.79 Å². The number of hydrogen-bond acceptors (Lipinski definition) is 2. The van der Waals surface area contributed by atoms with Crippen molar-refractivity contribution in [3.63, 3.8) is 0 Å². The topological polar surface area (TPSA) is 55.1 Å². The summed E-state index contributed by atoms with van der Waals surface area (Å²) in [7, 11) is 0. The zero-order valence-electron chi connectivity index (χ0n) is 10.7. The fourth-order valence-electron chi connectivity index (χ4n) is 2.51. The number of halogens is 2. The highest BCUT2D eigenvalue weighted by atomic mass is 35.5. The SMILES string of the molecule is Nc1c(Cl)cc(NC(=O)CCC2CCCC2)cc1Cl. The average Bonchev–Trinajstić information content (AvgIpc) is 2.86. The largest absolute Gasteiger partial charge is 0.396 e. The van der Waals surface area contributed by atoms with Gasteiger partial charge in [-0.25, -0.2) is 0 Å². The van der Waals surface area contributed by atoms with Crippen molar-refractivity contribution in [1.82, 2.24) is 0 Å². The maximum Gasteiger partial charge on any atom is 0.224 e. The van der Waals surface area contributed by atoms with Crippen LogP contribution in [0, 0.1) is 5.92 Å². The van der Waals surface area contributed by atoms with Crippen molar-refractivity contribution >= 4 is 40.5 Å². The summed E-state index contributed by atoms with van der Waals surface area (Å²) in [6.45, 7) is 0. The Kier molecular flexibility index (Phi) is 4.94. The first-order valence-electron chi connectivity index (χ1n) is 6.60. The van der Waals surface area contributed by atoms with Gasteiger partial charge in [-0.3, -0.25) is 4.79 Å². The number of carbonyl (C=O) groups excluding carboxylic acids is 1. The Morgan fingerprint density at radius 1 is 1.26 bits per heavy atom. The molecule has 1 aliphatic rings. The first-order valence-corrected chi connectivity index (χ1v) is 7.36. The Morgan fingerprint density at radius 3 is 2.42 bits per heavy atom. The number of amides is 1. The summed E-state index contributed by atoms with van der Waals surface area (Å²) in [6.07, 6.45) is 6.62. The van der Waals surface area contributed by atoms with Gasteiger partial charge in [-0.15, -0.1) is 0 Å². The molecule has 2 rings (SSSR count). The highest BCUT2D eigenvalue weighted by molar-refractivity contribution is 6.39. The van der Waals surface area contributed by atoms with Gasteiger partial charge >= 0.3 is 0 Å². The third-order valence-electron chi connectivity index (χ3n) is 3.62. The molecule has 104 valence electrons. The van der Waals surface area contributed by atoms with E-state index in [0.29, 0.717) is 33.8 Å². The molecule has 19 heavy (non-hydrogen) atoms. The van der Waals surface area contributed by atoms with Gasteiger partial charge in [-0.05, 0) is 24.5 Å². The molecule has 1 aliphatic carbocycles. The maximum atomic E-state index is 11.8.